The van der Waals surface area contributed by atoms with E-state index in [4.69, 9.17) is 4.42 Å². The van der Waals surface area contributed by atoms with E-state index in [9.17, 15) is 9.59 Å². The summed E-state index contributed by atoms with van der Waals surface area (Å²) in [6.07, 6.45) is 1.93. The molecule has 1 aromatic rings. The fraction of sp³-hybridized carbons (Fsp3) is 0.600. The predicted molar refractivity (Wildman–Crippen MR) is 78.5 cm³/mol. The molecule has 1 saturated heterocycles. The summed E-state index contributed by atoms with van der Waals surface area (Å²) in [5, 5.41) is 5.55. The number of carbonyl (C=O) groups is 2. The second kappa shape index (κ2) is 6.20. The first kappa shape index (κ1) is 15.4. The molecule has 6 nitrogen and oxygen atoms in total. The maximum atomic E-state index is 11.9. The zero-order valence-electron chi connectivity index (χ0n) is 12.8. The van der Waals surface area contributed by atoms with Crippen LogP contribution < -0.4 is 10.6 Å². The van der Waals surface area contributed by atoms with Crippen molar-refractivity contribution in [2.45, 2.75) is 39.8 Å². The van der Waals surface area contributed by atoms with Gasteiger partial charge in [0.2, 0.25) is 5.91 Å². The summed E-state index contributed by atoms with van der Waals surface area (Å²) in [7, 11) is 0. The Kier molecular flexibility index (Phi) is 4.55. The van der Waals surface area contributed by atoms with E-state index in [1.54, 1.807) is 18.4 Å². The van der Waals surface area contributed by atoms with Gasteiger partial charge in [-0.05, 0) is 17.5 Å². The minimum Gasteiger partial charge on any atom is -0.467 e. The van der Waals surface area contributed by atoms with E-state index in [0.717, 1.165) is 0 Å². The third-order valence-electron chi connectivity index (χ3n) is 3.22. The van der Waals surface area contributed by atoms with Crippen molar-refractivity contribution in [1.29, 1.82) is 0 Å². The van der Waals surface area contributed by atoms with Gasteiger partial charge in [-0.1, -0.05) is 20.8 Å². The van der Waals surface area contributed by atoms with E-state index in [-0.39, 0.29) is 23.4 Å². The third kappa shape index (κ3) is 4.81. The molecule has 0 radical (unpaired) electrons. The van der Waals surface area contributed by atoms with E-state index in [1.807, 2.05) is 4.90 Å². The molecule has 0 bridgehead atoms. The van der Waals surface area contributed by atoms with E-state index in [2.05, 4.69) is 31.4 Å². The van der Waals surface area contributed by atoms with Crippen LogP contribution in [0.1, 0.15) is 33.0 Å². The van der Waals surface area contributed by atoms with Crippen LogP contribution in [0.25, 0.3) is 0 Å². The van der Waals surface area contributed by atoms with Crippen LogP contribution in [0.2, 0.25) is 0 Å². The standard InChI is InChI=1S/C15H23N3O3/c1-15(2,3)10-18-9-11(7-13(18)19)17-14(20)16-8-12-5-4-6-21-12/h4-6,11H,7-10H2,1-3H3,(H2,16,17,20)/t11-/m0/s1. The highest BCUT2D eigenvalue weighted by atomic mass is 16.3. The molecule has 1 atom stereocenters. The molecule has 2 heterocycles. The molecule has 3 amide bonds. The molecular weight excluding hydrogens is 270 g/mol. The highest BCUT2D eigenvalue weighted by Crippen LogP contribution is 2.20. The lowest BCUT2D eigenvalue weighted by atomic mass is 9.96. The molecule has 0 unspecified atom stereocenters. The Hall–Kier alpha value is -1.98. The fourth-order valence-corrected chi connectivity index (χ4v) is 2.41. The summed E-state index contributed by atoms with van der Waals surface area (Å²) < 4.78 is 5.14. The van der Waals surface area contributed by atoms with E-state index in [1.165, 1.54) is 0 Å². The maximum Gasteiger partial charge on any atom is 0.315 e. The van der Waals surface area contributed by atoms with E-state index >= 15 is 0 Å². The first-order chi connectivity index (χ1) is 9.83. The molecule has 1 aromatic heterocycles. The molecule has 21 heavy (non-hydrogen) atoms. The molecule has 0 aliphatic carbocycles. The molecule has 1 aliphatic rings. The monoisotopic (exact) mass is 293 g/mol. The van der Waals surface area contributed by atoms with Crippen LogP contribution in [-0.4, -0.2) is 36.0 Å². The van der Waals surface area contributed by atoms with Crippen LogP contribution in [0.5, 0.6) is 0 Å². The number of nitrogens with zero attached hydrogens (tertiary/aromatic N) is 1. The van der Waals surface area contributed by atoms with Gasteiger partial charge in [-0.25, -0.2) is 4.79 Å². The Balaban J connectivity index is 1.76. The van der Waals surface area contributed by atoms with Gasteiger partial charge in [-0.3, -0.25) is 4.79 Å². The number of rotatable bonds is 4. The Labute approximate surface area is 124 Å². The molecular formula is C15H23N3O3. The summed E-state index contributed by atoms with van der Waals surface area (Å²) in [6, 6.07) is 3.16. The smallest absolute Gasteiger partial charge is 0.315 e. The molecule has 116 valence electrons. The minimum atomic E-state index is -0.276. The highest BCUT2D eigenvalue weighted by molar-refractivity contribution is 5.81. The summed E-state index contributed by atoms with van der Waals surface area (Å²) in [4.78, 5) is 25.5. The Bertz CT molecular complexity index is 491. The van der Waals surface area contributed by atoms with Gasteiger partial charge in [0, 0.05) is 19.5 Å². The summed E-state index contributed by atoms with van der Waals surface area (Å²) in [5.41, 5.74) is 0.0616. The molecule has 2 N–H and O–H groups in total. The van der Waals surface area contributed by atoms with Crippen molar-refractivity contribution in [2.75, 3.05) is 13.1 Å². The Morgan fingerprint density at radius 2 is 2.24 bits per heavy atom. The van der Waals surface area contributed by atoms with Crippen LogP contribution in [0.3, 0.4) is 0 Å². The van der Waals surface area contributed by atoms with Crippen molar-refractivity contribution in [3.8, 4) is 0 Å². The summed E-state index contributed by atoms with van der Waals surface area (Å²) in [5.74, 6) is 0.795. The quantitative estimate of drug-likeness (QED) is 0.887. The van der Waals surface area contributed by atoms with Gasteiger partial charge in [0.25, 0.3) is 0 Å². The van der Waals surface area contributed by atoms with Gasteiger partial charge >= 0.3 is 6.03 Å². The molecule has 0 saturated carbocycles. The average molecular weight is 293 g/mol. The Morgan fingerprint density at radius 3 is 2.86 bits per heavy atom. The largest absolute Gasteiger partial charge is 0.467 e. The third-order valence-corrected chi connectivity index (χ3v) is 3.22. The first-order valence-electron chi connectivity index (χ1n) is 7.18. The number of amides is 3. The van der Waals surface area contributed by atoms with E-state index < -0.39 is 0 Å². The minimum absolute atomic E-state index is 0.0616. The van der Waals surface area contributed by atoms with Crippen molar-refractivity contribution in [3.05, 3.63) is 24.2 Å². The second-order valence-corrected chi connectivity index (χ2v) is 6.64. The zero-order chi connectivity index (χ0) is 15.5. The van der Waals surface area contributed by atoms with Crippen LogP contribution in [0.4, 0.5) is 4.79 Å². The van der Waals surface area contributed by atoms with Crippen LogP contribution >= 0.6 is 0 Å². The predicted octanol–water partition coefficient (Wildman–Crippen LogP) is 1.73. The fourth-order valence-electron chi connectivity index (χ4n) is 2.41. The average Bonchev–Trinajstić information content (AvgIpc) is 2.96. The van der Waals surface area contributed by atoms with Gasteiger partial charge in [0.15, 0.2) is 0 Å². The lowest BCUT2D eigenvalue weighted by Gasteiger charge is -2.26. The molecule has 0 aromatic carbocycles. The highest BCUT2D eigenvalue weighted by Gasteiger charge is 2.32. The molecule has 6 heteroatoms. The lowest BCUT2D eigenvalue weighted by Crippen LogP contribution is -2.43. The van der Waals surface area contributed by atoms with E-state index in [0.29, 0.717) is 31.8 Å². The number of likely N-dealkylation sites (tertiary alicyclic amines) is 1. The number of furan rings is 1. The number of hydrogen-bond acceptors (Lipinski definition) is 3. The van der Waals surface area contributed by atoms with Crippen LogP contribution in [0.15, 0.2) is 22.8 Å². The van der Waals surface area contributed by atoms with Gasteiger partial charge in [-0.15, -0.1) is 0 Å². The summed E-state index contributed by atoms with van der Waals surface area (Å²) in [6.45, 7) is 7.90. The van der Waals surface area contributed by atoms with Gasteiger partial charge in [-0.2, -0.15) is 0 Å². The normalized spacial score (nSPS) is 18.9. The van der Waals surface area contributed by atoms with Gasteiger partial charge < -0.3 is 20.0 Å². The van der Waals surface area contributed by atoms with Crippen molar-refractivity contribution in [1.82, 2.24) is 15.5 Å². The first-order valence-corrected chi connectivity index (χ1v) is 7.18. The molecule has 1 aliphatic heterocycles. The maximum absolute atomic E-state index is 11.9. The summed E-state index contributed by atoms with van der Waals surface area (Å²) >= 11 is 0. The number of hydrogen-bond donors (Lipinski definition) is 2. The molecule has 0 spiro atoms. The van der Waals surface area contributed by atoms with Crippen LogP contribution in [0, 0.1) is 5.41 Å². The topological polar surface area (TPSA) is 74.6 Å². The lowest BCUT2D eigenvalue weighted by molar-refractivity contribution is -0.128. The second-order valence-electron chi connectivity index (χ2n) is 6.64. The number of urea groups is 1. The van der Waals surface area contributed by atoms with Crippen molar-refractivity contribution < 1.29 is 14.0 Å². The Morgan fingerprint density at radius 1 is 1.48 bits per heavy atom. The SMILES string of the molecule is CC(C)(C)CN1C[C@@H](NC(=O)NCc2ccco2)CC1=O. The van der Waals surface area contributed by atoms with Crippen molar-refractivity contribution in [3.63, 3.8) is 0 Å². The number of nitrogens with one attached hydrogen (secondary N) is 2. The zero-order valence-corrected chi connectivity index (χ0v) is 12.8. The van der Waals surface area contributed by atoms with Gasteiger partial charge in [0.05, 0.1) is 18.8 Å². The van der Waals surface area contributed by atoms with Crippen molar-refractivity contribution in [2.24, 2.45) is 5.41 Å². The molecule has 1 fully saturated rings. The van der Waals surface area contributed by atoms with Gasteiger partial charge in [0.1, 0.15) is 5.76 Å². The number of carbonyl (C=O) groups excluding carboxylic acids is 2. The van der Waals surface area contributed by atoms with Crippen molar-refractivity contribution >= 4 is 11.9 Å². The van der Waals surface area contributed by atoms with Crippen LogP contribution in [-0.2, 0) is 11.3 Å². The molecule has 2 rings (SSSR count).